The molecule has 0 radical (unpaired) electrons. The Morgan fingerprint density at radius 1 is 0.967 bits per heavy atom. The van der Waals surface area contributed by atoms with Crippen LogP contribution in [0, 0.1) is 5.82 Å². The molecule has 0 spiro atoms. The first-order valence-corrected chi connectivity index (χ1v) is 10.0. The van der Waals surface area contributed by atoms with Gasteiger partial charge in [0.25, 0.3) is 5.91 Å². The van der Waals surface area contributed by atoms with E-state index in [4.69, 9.17) is 0 Å². The first kappa shape index (κ1) is 23.3. The van der Waals surface area contributed by atoms with Crippen LogP contribution in [-0.4, -0.2) is 62.9 Å². The summed E-state index contributed by atoms with van der Waals surface area (Å²) < 4.78 is 13.3. The van der Waals surface area contributed by atoms with Gasteiger partial charge in [0.15, 0.2) is 0 Å². The molecule has 0 saturated heterocycles. The fraction of sp³-hybridized carbons (Fsp3) is 0.391. The van der Waals surface area contributed by atoms with E-state index in [1.54, 1.807) is 11.8 Å². The molecule has 0 aromatic heterocycles. The number of anilines is 2. The minimum atomic E-state index is -0.374. The second-order valence-electron chi connectivity index (χ2n) is 7.68. The molecule has 0 aliphatic heterocycles. The van der Waals surface area contributed by atoms with Gasteiger partial charge in [-0.2, -0.15) is 0 Å². The van der Waals surface area contributed by atoms with E-state index in [0.717, 1.165) is 11.3 Å². The molecule has 7 heteroatoms. The molecule has 0 fully saturated rings. The van der Waals surface area contributed by atoms with Gasteiger partial charge >= 0.3 is 0 Å². The Morgan fingerprint density at radius 3 is 2.20 bits per heavy atom. The quantitative estimate of drug-likeness (QED) is 0.683. The Hall–Kier alpha value is -2.93. The zero-order chi connectivity index (χ0) is 22.3. The third kappa shape index (κ3) is 6.56. The summed E-state index contributed by atoms with van der Waals surface area (Å²) in [5, 5.41) is 2.88. The molecule has 2 aromatic rings. The molecule has 30 heavy (non-hydrogen) atoms. The molecule has 0 heterocycles. The van der Waals surface area contributed by atoms with Crippen LogP contribution in [0.3, 0.4) is 0 Å². The van der Waals surface area contributed by atoms with Gasteiger partial charge in [-0.25, -0.2) is 4.39 Å². The lowest BCUT2D eigenvalue weighted by molar-refractivity contribution is -0.115. The summed E-state index contributed by atoms with van der Waals surface area (Å²) in [5.41, 5.74) is 3.02. The Bertz CT molecular complexity index is 866. The van der Waals surface area contributed by atoms with Crippen molar-refractivity contribution in [2.75, 3.05) is 51.5 Å². The molecule has 0 aliphatic rings. The van der Waals surface area contributed by atoms with Gasteiger partial charge in [0.05, 0.1) is 0 Å². The van der Waals surface area contributed by atoms with E-state index in [2.05, 4.69) is 5.32 Å². The van der Waals surface area contributed by atoms with Crippen LogP contribution in [-0.2, 0) is 11.3 Å². The van der Waals surface area contributed by atoms with Crippen LogP contribution >= 0.6 is 0 Å². The number of amides is 2. The topological polar surface area (TPSA) is 55.9 Å². The number of rotatable bonds is 9. The van der Waals surface area contributed by atoms with Gasteiger partial charge < -0.3 is 20.0 Å². The molecule has 162 valence electrons. The van der Waals surface area contributed by atoms with Gasteiger partial charge in [-0.3, -0.25) is 9.59 Å². The minimum absolute atomic E-state index is 0.0644. The Balaban J connectivity index is 2.36. The zero-order valence-electron chi connectivity index (χ0n) is 18.4. The van der Waals surface area contributed by atoms with E-state index in [1.807, 2.05) is 56.2 Å². The smallest absolute Gasteiger partial charge is 0.254 e. The van der Waals surface area contributed by atoms with Gasteiger partial charge in [-0.1, -0.05) is 6.92 Å². The van der Waals surface area contributed by atoms with Crippen molar-refractivity contribution in [3.63, 3.8) is 0 Å². The van der Waals surface area contributed by atoms with E-state index >= 15 is 0 Å². The number of hydrogen-bond acceptors (Lipinski definition) is 4. The number of likely N-dealkylation sites (N-methyl/N-ethyl adjacent to an activating group) is 1. The molecular weight excluding hydrogens is 383 g/mol. The van der Waals surface area contributed by atoms with E-state index < -0.39 is 0 Å². The normalized spacial score (nSPS) is 10.8. The second-order valence-corrected chi connectivity index (χ2v) is 7.68. The number of halogens is 1. The van der Waals surface area contributed by atoms with E-state index in [0.29, 0.717) is 37.3 Å². The third-order valence-corrected chi connectivity index (χ3v) is 4.72. The molecule has 0 aliphatic carbocycles. The van der Waals surface area contributed by atoms with Crippen LogP contribution in [0.4, 0.5) is 15.8 Å². The Kier molecular flexibility index (Phi) is 8.35. The van der Waals surface area contributed by atoms with E-state index in [1.165, 1.54) is 24.3 Å². The minimum Gasteiger partial charge on any atom is -0.377 e. The fourth-order valence-electron chi connectivity index (χ4n) is 3.03. The number of hydrogen-bond donors (Lipinski definition) is 1. The van der Waals surface area contributed by atoms with Crippen LogP contribution in [0.25, 0.3) is 0 Å². The molecular formula is C23H31FN4O2. The van der Waals surface area contributed by atoms with Gasteiger partial charge in [-0.05, 0) is 62.1 Å². The zero-order valence-corrected chi connectivity index (χ0v) is 18.4. The molecule has 0 saturated carbocycles. The van der Waals surface area contributed by atoms with Crippen molar-refractivity contribution in [2.24, 2.45) is 0 Å². The maximum absolute atomic E-state index is 13.3. The van der Waals surface area contributed by atoms with Crippen molar-refractivity contribution in [3.8, 4) is 0 Å². The maximum atomic E-state index is 13.3. The summed E-state index contributed by atoms with van der Waals surface area (Å²) in [6.45, 7) is 3.38. The number of nitrogens with zero attached hydrogens (tertiary/aromatic N) is 3. The lowest BCUT2D eigenvalue weighted by Crippen LogP contribution is -2.36. The number of nitrogens with one attached hydrogen (secondary N) is 1. The van der Waals surface area contributed by atoms with Crippen molar-refractivity contribution < 1.29 is 14.0 Å². The maximum Gasteiger partial charge on any atom is 0.254 e. The molecule has 1 N–H and O–H groups in total. The summed E-state index contributed by atoms with van der Waals surface area (Å²) in [5.74, 6) is -0.601. The van der Waals surface area contributed by atoms with Crippen molar-refractivity contribution >= 4 is 23.2 Å². The van der Waals surface area contributed by atoms with E-state index in [-0.39, 0.29) is 17.6 Å². The largest absolute Gasteiger partial charge is 0.377 e. The number of benzene rings is 2. The molecule has 2 aromatic carbocycles. The highest BCUT2D eigenvalue weighted by Gasteiger charge is 2.19. The standard InChI is InChI=1S/C23H31FN4O2/c1-6-22(29)25-20-11-12-21(27(4)5)18(15-20)16-28(14-13-26(2)3)23(30)17-7-9-19(24)10-8-17/h7-12,15H,6,13-14,16H2,1-5H3,(H,25,29). The predicted molar refractivity (Wildman–Crippen MR) is 119 cm³/mol. The monoisotopic (exact) mass is 414 g/mol. The molecule has 2 rings (SSSR count). The summed E-state index contributed by atoms with van der Waals surface area (Å²) >= 11 is 0. The summed E-state index contributed by atoms with van der Waals surface area (Å²) in [4.78, 5) is 30.7. The molecule has 0 bridgehead atoms. The highest BCUT2D eigenvalue weighted by molar-refractivity contribution is 5.94. The average molecular weight is 415 g/mol. The number of carbonyl (C=O) groups excluding carboxylic acids is 2. The lowest BCUT2D eigenvalue weighted by Gasteiger charge is -2.27. The molecule has 0 unspecified atom stereocenters. The molecule has 6 nitrogen and oxygen atoms in total. The van der Waals surface area contributed by atoms with Gasteiger partial charge in [0.2, 0.25) is 5.91 Å². The van der Waals surface area contributed by atoms with Crippen molar-refractivity contribution in [3.05, 3.63) is 59.4 Å². The van der Waals surface area contributed by atoms with E-state index in [9.17, 15) is 14.0 Å². The van der Waals surface area contributed by atoms with Crippen LogP contribution in [0.2, 0.25) is 0 Å². The van der Waals surface area contributed by atoms with Crippen LogP contribution in [0.5, 0.6) is 0 Å². The summed E-state index contributed by atoms with van der Waals surface area (Å²) in [6.07, 6.45) is 0.392. The van der Waals surface area contributed by atoms with Crippen LogP contribution in [0.1, 0.15) is 29.3 Å². The SMILES string of the molecule is CCC(=O)Nc1ccc(N(C)C)c(CN(CCN(C)C)C(=O)c2ccc(F)cc2)c1. The van der Waals surface area contributed by atoms with Crippen LogP contribution < -0.4 is 10.2 Å². The highest BCUT2D eigenvalue weighted by Crippen LogP contribution is 2.25. The third-order valence-electron chi connectivity index (χ3n) is 4.72. The first-order chi connectivity index (χ1) is 14.2. The highest BCUT2D eigenvalue weighted by atomic mass is 19.1. The number of carbonyl (C=O) groups is 2. The van der Waals surface area contributed by atoms with Crippen molar-refractivity contribution in [1.29, 1.82) is 0 Å². The second kappa shape index (κ2) is 10.7. The Morgan fingerprint density at radius 2 is 1.63 bits per heavy atom. The summed E-state index contributed by atoms with van der Waals surface area (Å²) in [7, 11) is 7.78. The molecule has 0 atom stereocenters. The molecule has 2 amide bonds. The predicted octanol–water partition coefficient (Wildman–Crippen LogP) is 3.44. The van der Waals surface area contributed by atoms with Crippen molar-refractivity contribution in [2.45, 2.75) is 19.9 Å². The van der Waals surface area contributed by atoms with Gasteiger partial charge in [0.1, 0.15) is 5.82 Å². The first-order valence-electron chi connectivity index (χ1n) is 10.0. The van der Waals surface area contributed by atoms with Gasteiger partial charge in [-0.15, -0.1) is 0 Å². The lowest BCUT2D eigenvalue weighted by atomic mass is 10.1. The Labute approximate surface area is 178 Å². The van der Waals surface area contributed by atoms with Gasteiger partial charge in [0, 0.05) is 57.1 Å². The fourth-order valence-corrected chi connectivity index (χ4v) is 3.03. The van der Waals surface area contributed by atoms with Crippen LogP contribution in [0.15, 0.2) is 42.5 Å². The summed E-state index contributed by atoms with van der Waals surface area (Å²) in [6, 6.07) is 11.3. The average Bonchev–Trinajstić information content (AvgIpc) is 2.70. The van der Waals surface area contributed by atoms with Crippen molar-refractivity contribution in [1.82, 2.24) is 9.80 Å².